The molecule has 3 aromatic rings. The molecule has 33 heavy (non-hydrogen) atoms. The molecular weight excluding hydrogens is 436 g/mol. The molecule has 0 aliphatic carbocycles. The van der Waals surface area contributed by atoms with Gasteiger partial charge in [-0.2, -0.15) is 0 Å². The second-order valence-corrected chi connectivity index (χ2v) is 8.56. The lowest BCUT2D eigenvalue weighted by Gasteiger charge is -2.25. The van der Waals surface area contributed by atoms with Crippen LogP contribution >= 0.6 is 11.3 Å². The fourth-order valence-corrected chi connectivity index (χ4v) is 3.89. The van der Waals surface area contributed by atoms with E-state index in [4.69, 9.17) is 0 Å². The van der Waals surface area contributed by atoms with Crippen molar-refractivity contribution in [3.8, 4) is 0 Å². The van der Waals surface area contributed by atoms with Gasteiger partial charge in [-0.15, -0.1) is 11.3 Å². The lowest BCUT2D eigenvalue weighted by atomic mass is 10.1. The highest BCUT2D eigenvalue weighted by Crippen LogP contribution is 2.24. The van der Waals surface area contributed by atoms with Crippen LogP contribution < -0.4 is 15.5 Å². The largest absolute Gasteiger partial charge is 0.354 e. The summed E-state index contributed by atoms with van der Waals surface area (Å²) in [5.41, 5.74) is 3.76. The molecule has 0 bridgehead atoms. The Morgan fingerprint density at radius 1 is 0.970 bits per heavy atom. The van der Waals surface area contributed by atoms with Crippen LogP contribution in [-0.2, 0) is 20.8 Å². The van der Waals surface area contributed by atoms with Crippen LogP contribution in [-0.4, -0.2) is 35.8 Å². The second-order valence-electron chi connectivity index (χ2n) is 7.67. The zero-order valence-electron chi connectivity index (χ0n) is 18.8. The quantitative estimate of drug-likeness (QED) is 0.477. The van der Waals surface area contributed by atoms with E-state index in [0.717, 1.165) is 16.7 Å². The van der Waals surface area contributed by atoms with Crippen molar-refractivity contribution in [3.05, 3.63) is 76.8 Å². The molecule has 0 atom stereocenters. The van der Waals surface area contributed by atoms with E-state index in [1.54, 1.807) is 11.6 Å². The number of carbonyl (C=O) groups is 3. The number of aromatic nitrogens is 1. The Balaban J connectivity index is 1.62. The van der Waals surface area contributed by atoms with Crippen molar-refractivity contribution in [2.75, 3.05) is 23.3 Å². The third-order valence-corrected chi connectivity index (χ3v) is 5.98. The van der Waals surface area contributed by atoms with Crippen molar-refractivity contribution in [2.45, 2.75) is 33.1 Å². The fourth-order valence-electron chi connectivity index (χ4n) is 3.35. The maximum absolute atomic E-state index is 13.1. The maximum atomic E-state index is 13.1. The average Bonchev–Trinajstić information content (AvgIpc) is 3.31. The van der Waals surface area contributed by atoms with E-state index < -0.39 is 0 Å². The van der Waals surface area contributed by atoms with E-state index in [1.165, 1.54) is 16.2 Å². The molecule has 1 aromatic heterocycles. The summed E-state index contributed by atoms with van der Waals surface area (Å²) >= 11 is 1.32. The first kappa shape index (κ1) is 24.1. The third kappa shape index (κ3) is 7.25. The molecule has 1 heterocycles. The number of amides is 3. The molecule has 0 aliphatic rings. The predicted molar refractivity (Wildman–Crippen MR) is 131 cm³/mol. The van der Waals surface area contributed by atoms with Crippen LogP contribution in [0.4, 0.5) is 10.8 Å². The minimum Gasteiger partial charge on any atom is -0.354 e. The van der Waals surface area contributed by atoms with E-state index in [9.17, 15) is 14.4 Å². The molecular formula is C25H28N4O3S. The predicted octanol–water partition coefficient (Wildman–Crippen LogP) is 3.87. The molecule has 0 radical (unpaired) electrons. The number of anilines is 2. The van der Waals surface area contributed by atoms with Crippen LogP contribution in [0.25, 0.3) is 0 Å². The minimum atomic E-state index is -0.286. The highest BCUT2D eigenvalue weighted by atomic mass is 32.1. The number of hydrogen-bond donors (Lipinski definition) is 2. The number of carbonyl (C=O) groups excluding carboxylic acids is 3. The Kier molecular flexibility index (Phi) is 8.71. The van der Waals surface area contributed by atoms with Gasteiger partial charge in [0.1, 0.15) is 6.54 Å². The molecule has 2 N–H and O–H groups in total. The van der Waals surface area contributed by atoms with Gasteiger partial charge >= 0.3 is 0 Å². The van der Waals surface area contributed by atoms with Gasteiger partial charge in [0, 0.05) is 36.7 Å². The molecule has 0 spiro atoms. The Hall–Kier alpha value is -3.52. The molecule has 2 aromatic carbocycles. The SMILES string of the molecule is Cc1cccc(N(CC(=O)NCCc2ccccc2)C(=O)CCC(=O)Nc2nccs2)c1C. The van der Waals surface area contributed by atoms with Gasteiger partial charge in [0.05, 0.1) is 0 Å². The zero-order valence-corrected chi connectivity index (χ0v) is 19.7. The van der Waals surface area contributed by atoms with Crippen molar-refractivity contribution in [2.24, 2.45) is 0 Å². The number of benzene rings is 2. The van der Waals surface area contributed by atoms with Gasteiger partial charge in [-0.05, 0) is 43.0 Å². The third-order valence-electron chi connectivity index (χ3n) is 5.29. The number of nitrogens with zero attached hydrogens (tertiary/aromatic N) is 2. The van der Waals surface area contributed by atoms with Crippen molar-refractivity contribution >= 4 is 39.9 Å². The van der Waals surface area contributed by atoms with E-state index in [0.29, 0.717) is 23.8 Å². The maximum Gasteiger partial charge on any atom is 0.240 e. The summed E-state index contributed by atoms with van der Waals surface area (Å²) in [6.07, 6.45) is 2.31. The van der Waals surface area contributed by atoms with Crippen molar-refractivity contribution < 1.29 is 14.4 Å². The van der Waals surface area contributed by atoms with Gasteiger partial charge in [0.2, 0.25) is 17.7 Å². The average molecular weight is 465 g/mol. The molecule has 0 saturated heterocycles. The first-order valence-electron chi connectivity index (χ1n) is 10.8. The first-order valence-corrected chi connectivity index (χ1v) is 11.7. The second kappa shape index (κ2) is 11.9. The van der Waals surface area contributed by atoms with Crippen LogP contribution in [0.5, 0.6) is 0 Å². The summed E-state index contributed by atoms with van der Waals surface area (Å²) in [6, 6.07) is 15.5. The topological polar surface area (TPSA) is 91.4 Å². The number of rotatable bonds is 10. The van der Waals surface area contributed by atoms with Gasteiger partial charge in [-0.25, -0.2) is 4.98 Å². The highest BCUT2D eigenvalue weighted by Gasteiger charge is 2.22. The summed E-state index contributed by atoms with van der Waals surface area (Å²) in [4.78, 5) is 43.5. The standard InChI is InChI=1S/C25H28N4O3S/c1-18-7-6-10-21(19(18)2)29(17-23(31)26-14-13-20-8-4-3-5-9-20)24(32)12-11-22(30)28-25-27-15-16-33-25/h3-10,15-16H,11-14,17H2,1-2H3,(H,26,31)(H,27,28,30). The van der Waals surface area contributed by atoms with Gasteiger partial charge < -0.3 is 15.5 Å². The van der Waals surface area contributed by atoms with Crippen LogP contribution in [0, 0.1) is 13.8 Å². The summed E-state index contributed by atoms with van der Waals surface area (Å²) in [7, 11) is 0. The van der Waals surface area contributed by atoms with Crippen molar-refractivity contribution in [1.82, 2.24) is 10.3 Å². The van der Waals surface area contributed by atoms with Crippen LogP contribution in [0.15, 0.2) is 60.1 Å². The normalized spacial score (nSPS) is 10.5. The number of thiazole rings is 1. The lowest BCUT2D eigenvalue weighted by Crippen LogP contribution is -2.42. The van der Waals surface area contributed by atoms with Crippen molar-refractivity contribution in [1.29, 1.82) is 0 Å². The zero-order chi connectivity index (χ0) is 23.6. The Morgan fingerprint density at radius 3 is 2.48 bits per heavy atom. The van der Waals surface area contributed by atoms with Crippen LogP contribution in [0.3, 0.4) is 0 Å². The van der Waals surface area contributed by atoms with E-state index in [-0.39, 0.29) is 37.1 Å². The highest BCUT2D eigenvalue weighted by molar-refractivity contribution is 7.13. The molecule has 3 rings (SSSR count). The smallest absolute Gasteiger partial charge is 0.240 e. The van der Waals surface area contributed by atoms with Crippen molar-refractivity contribution in [3.63, 3.8) is 0 Å². The van der Waals surface area contributed by atoms with E-state index >= 15 is 0 Å². The monoisotopic (exact) mass is 464 g/mol. The molecule has 3 amide bonds. The van der Waals surface area contributed by atoms with E-state index in [2.05, 4.69) is 15.6 Å². The molecule has 0 unspecified atom stereocenters. The minimum absolute atomic E-state index is 0.00933. The van der Waals surface area contributed by atoms with Crippen LogP contribution in [0.2, 0.25) is 0 Å². The van der Waals surface area contributed by atoms with Gasteiger partial charge in [-0.3, -0.25) is 14.4 Å². The first-order chi connectivity index (χ1) is 15.9. The molecule has 0 saturated carbocycles. The lowest BCUT2D eigenvalue weighted by molar-refractivity contribution is -0.125. The molecule has 172 valence electrons. The molecule has 0 aliphatic heterocycles. The van der Waals surface area contributed by atoms with E-state index in [1.807, 2.05) is 62.4 Å². The number of hydrogen-bond acceptors (Lipinski definition) is 5. The van der Waals surface area contributed by atoms with Crippen LogP contribution in [0.1, 0.15) is 29.5 Å². The Bertz CT molecular complexity index is 1080. The summed E-state index contributed by atoms with van der Waals surface area (Å²) in [5.74, 6) is -0.810. The molecule has 0 fully saturated rings. The number of aryl methyl sites for hydroxylation is 1. The summed E-state index contributed by atoms with van der Waals surface area (Å²) < 4.78 is 0. The van der Waals surface area contributed by atoms with Gasteiger partial charge in [0.15, 0.2) is 5.13 Å². The fraction of sp³-hybridized carbons (Fsp3) is 0.280. The Morgan fingerprint density at radius 2 is 1.76 bits per heavy atom. The molecule has 8 heteroatoms. The van der Waals surface area contributed by atoms with Gasteiger partial charge in [-0.1, -0.05) is 42.5 Å². The van der Waals surface area contributed by atoms with Gasteiger partial charge in [0.25, 0.3) is 0 Å². The summed E-state index contributed by atoms with van der Waals surface area (Å²) in [5, 5.41) is 7.84. The Labute approximate surface area is 197 Å². The molecule has 7 nitrogen and oxygen atoms in total. The number of nitrogens with one attached hydrogen (secondary N) is 2. The summed E-state index contributed by atoms with van der Waals surface area (Å²) in [6.45, 7) is 4.26.